The second kappa shape index (κ2) is 8.21. The number of nitrogens with zero attached hydrogens (tertiary/aromatic N) is 3. The lowest BCUT2D eigenvalue weighted by molar-refractivity contribution is 0.0939. The van der Waals surface area contributed by atoms with E-state index in [-0.39, 0.29) is 11.9 Å². The number of amides is 1. The van der Waals surface area contributed by atoms with Crippen molar-refractivity contribution in [3.05, 3.63) is 52.8 Å². The van der Waals surface area contributed by atoms with Crippen molar-refractivity contribution < 1.29 is 14.1 Å². The Morgan fingerprint density at radius 3 is 2.83 bits per heavy atom. The highest BCUT2D eigenvalue weighted by molar-refractivity contribution is 6.06. The SMILES string of the molecule is COc1cccc([C@@H](CNC(=O)c2cc(C)nc3onc(C)c23)N2CCCC2)c1. The van der Waals surface area contributed by atoms with Gasteiger partial charge in [0.25, 0.3) is 11.6 Å². The zero-order valence-electron chi connectivity index (χ0n) is 17.1. The van der Waals surface area contributed by atoms with Crippen molar-refractivity contribution in [3.8, 4) is 5.75 Å². The molecule has 152 valence electrons. The molecule has 0 saturated carbocycles. The Labute approximate surface area is 170 Å². The largest absolute Gasteiger partial charge is 0.497 e. The number of carbonyl (C=O) groups excluding carboxylic acids is 1. The van der Waals surface area contributed by atoms with Crippen LogP contribution in [0.3, 0.4) is 0 Å². The number of aromatic nitrogens is 2. The van der Waals surface area contributed by atoms with Gasteiger partial charge in [0, 0.05) is 12.2 Å². The molecule has 0 spiro atoms. The Morgan fingerprint density at radius 2 is 2.07 bits per heavy atom. The van der Waals surface area contributed by atoms with E-state index in [0.717, 1.165) is 30.1 Å². The molecule has 7 heteroatoms. The Morgan fingerprint density at radius 1 is 1.28 bits per heavy atom. The maximum absolute atomic E-state index is 13.1. The topological polar surface area (TPSA) is 80.5 Å². The smallest absolute Gasteiger partial charge is 0.258 e. The minimum Gasteiger partial charge on any atom is -0.497 e. The number of hydrogen-bond acceptors (Lipinski definition) is 6. The number of hydrogen-bond donors (Lipinski definition) is 1. The fourth-order valence-corrected chi connectivity index (χ4v) is 4.04. The molecule has 1 aromatic carbocycles. The van der Waals surface area contributed by atoms with Crippen LogP contribution in [0.15, 0.2) is 34.9 Å². The van der Waals surface area contributed by atoms with Gasteiger partial charge in [-0.25, -0.2) is 4.98 Å². The molecule has 1 amide bonds. The summed E-state index contributed by atoms with van der Waals surface area (Å²) in [7, 11) is 1.67. The van der Waals surface area contributed by atoms with E-state index in [1.165, 1.54) is 12.8 Å². The van der Waals surface area contributed by atoms with Crippen molar-refractivity contribution in [2.75, 3.05) is 26.7 Å². The Hall–Kier alpha value is -2.93. The number of nitrogens with one attached hydrogen (secondary N) is 1. The van der Waals surface area contributed by atoms with Crippen molar-refractivity contribution in [1.82, 2.24) is 20.4 Å². The number of pyridine rings is 1. The molecule has 7 nitrogen and oxygen atoms in total. The average molecular weight is 394 g/mol. The first kappa shape index (κ1) is 19.4. The maximum Gasteiger partial charge on any atom is 0.258 e. The molecule has 0 aliphatic carbocycles. The normalized spacial score (nSPS) is 15.6. The van der Waals surface area contributed by atoms with E-state index in [2.05, 4.69) is 26.4 Å². The molecular weight excluding hydrogens is 368 g/mol. The molecule has 1 aliphatic heterocycles. The average Bonchev–Trinajstić information content (AvgIpc) is 3.38. The predicted octanol–water partition coefficient (Wildman–Crippen LogP) is 3.42. The van der Waals surface area contributed by atoms with Gasteiger partial charge in [0.1, 0.15) is 5.75 Å². The van der Waals surface area contributed by atoms with Gasteiger partial charge in [0.05, 0.1) is 29.8 Å². The molecule has 3 heterocycles. The van der Waals surface area contributed by atoms with Gasteiger partial charge in [-0.15, -0.1) is 0 Å². The number of likely N-dealkylation sites (tertiary alicyclic amines) is 1. The zero-order chi connectivity index (χ0) is 20.4. The first-order chi connectivity index (χ1) is 14.1. The molecule has 3 aromatic rings. The van der Waals surface area contributed by atoms with Crippen LogP contribution in [0, 0.1) is 13.8 Å². The van der Waals surface area contributed by atoms with Crippen LogP contribution in [0.1, 0.15) is 46.2 Å². The molecule has 2 aromatic heterocycles. The molecule has 1 fully saturated rings. The summed E-state index contributed by atoms with van der Waals surface area (Å²) in [5.74, 6) is 0.684. The van der Waals surface area contributed by atoms with Crippen LogP contribution >= 0.6 is 0 Å². The van der Waals surface area contributed by atoms with Crippen molar-refractivity contribution in [3.63, 3.8) is 0 Å². The fraction of sp³-hybridized carbons (Fsp3) is 0.409. The highest BCUT2D eigenvalue weighted by Gasteiger charge is 2.25. The predicted molar refractivity (Wildman–Crippen MR) is 110 cm³/mol. The van der Waals surface area contributed by atoms with Crippen LogP contribution in [0.2, 0.25) is 0 Å². The third kappa shape index (κ3) is 3.96. The van der Waals surface area contributed by atoms with Crippen LogP contribution in [-0.2, 0) is 0 Å². The van der Waals surface area contributed by atoms with E-state index in [9.17, 15) is 4.79 Å². The lowest BCUT2D eigenvalue weighted by atomic mass is 10.0. The van der Waals surface area contributed by atoms with Crippen LogP contribution in [-0.4, -0.2) is 47.7 Å². The van der Waals surface area contributed by atoms with E-state index in [0.29, 0.717) is 28.9 Å². The van der Waals surface area contributed by atoms with Gasteiger partial charge in [0.2, 0.25) is 0 Å². The molecular formula is C22H26N4O3. The second-order valence-electron chi connectivity index (χ2n) is 7.50. The van der Waals surface area contributed by atoms with Crippen LogP contribution < -0.4 is 10.1 Å². The highest BCUT2D eigenvalue weighted by atomic mass is 16.5. The molecule has 0 bridgehead atoms. The minimum absolute atomic E-state index is 0.0959. The number of ether oxygens (including phenoxy) is 1. The van der Waals surface area contributed by atoms with E-state index in [1.807, 2.05) is 32.0 Å². The lowest BCUT2D eigenvalue weighted by Crippen LogP contribution is -2.37. The van der Waals surface area contributed by atoms with E-state index < -0.39 is 0 Å². The van der Waals surface area contributed by atoms with Crippen LogP contribution in [0.5, 0.6) is 5.75 Å². The van der Waals surface area contributed by atoms with E-state index in [4.69, 9.17) is 9.26 Å². The van der Waals surface area contributed by atoms with Crippen molar-refractivity contribution in [2.45, 2.75) is 32.7 Å². The quantitative estimate of drug-likeness (QED) is 0.690. The van der Waals surface area contributed by atoms with Gasteiger partial charge >= 0.3 is 0 Å². The van der Waals surface area contributed by atoms with E-state index in [1.54, 1.807) is 13.2 Å². The number of rotatable bonds is 6. The zero-order valence-corrected chi connectivity index (χ0v) is 17.1. The molecule has 0 radical (unpaired) electrons. The molecule has 1 aliphatic rings. The first-order valence-corrected chi connectivity index (χ1v) is 9.96. The number of aryl methyl sites for hydroxylation is 2. The molecule has 1 atom stereocenters. The third-order valence-electron chi connectivity index (χ3n) is 5.51. The monoisotopic (exact) mass is 394 g/mol. The molecule has 4 rings (SSSR count). The minimum atomic E-state index is -0.140. The van der Waals surface area contributed by atoms with Crippen molar-refractivity contribution in [1.29, 1.82) is 0 Å². The summed E-state index contributed by atoms with van der Waals surface area (Å²) in [6, 6.07) is 9.96. The van der Waals surface area contributed by atoms with Gasteiger partial charge in [-0.05, 0) is 63.5 Å². The number of methoxy groups -OCH3 is 1. The molecule has 1 N–H and O–H groups in total. The van der Waals surface area contributed by atoms with Crippen molar-refractivity contribution >= 4 is 17.0 Å². The van der Waals surface area contributed by atoms with Gasteiger partial charge in [0.15, 0.2) is 0 Å². The van der Waals surface area contributed by atoms with Gasteiger partial charge < -0.3 is 14.6 Å². The third-order valence-corrected chi connectivity index (χ3v) is 5.51. The Balaban J connectivity index is 1.59. The summed E-state index contributed by atoms with van der Waals surface area (Å²) in [6.07, 6.45) is 2.36. The number of benzene rings is 1. The Kier molecular flexibility index (Phi) is 5.49. The first-order valence-electron chi connectivity index (χ1n) is 9.96. The van der Waals surface area contributed by atoms with Gasteiger partial charge in [-0.1, -0.05) is 17.3 Å². The van der Waals surface area contributed by atoms with Crippen LogP contribution in [0.4, 0.5) is 0 Å². The number of carbonyl (C=O) groups is 1. The summed E-state index contributed by atoms with van der Waals surface area (Å²) in [4.78, 5) is 19.8. The second-order valence-corrected chi connectivity index (χ2v) is 7.50. The summed E-state index contributed by atoms with van der Waals surface area (Å²) < 4.78 is 10.7. The molecule has 29 heavy (non-hydrogen) atoms. The van der Waals surface area contributed by atoms with Crippen molar-refractivity contribution in [2.24, 2.45) is 0 Å². The molecule has 0 unspecified atom stereocenters. The maximum atomic E-state index is 13.1. The molecule has 1 saturated heterocycles. The Bertz CT molecular complexity index is 1020. The lowest BCUT2D eigenvalue weighted by Gasteiger charge is -2.28. The standard InChI is InChI=1S/C22H26N4O3/c1-14-11-18(20-15(2)25-29-22(20)24-14)21(27)23-13-19(26-9-4-5-10-26)16-7-6-8-17(12-16)28-3/h6-8,11-12,19H,4-5,9-10,13H2,1-3H3,(H,23,27)/t19-/m1/s1. The van der Waals surface area contributed by atoms with Crippen LogP contribution in [0.25, 0.3) is 11.1 Å². The fourth-order valence-electron chi connectivity index (χ4n) is 4.04. The summed E-state index contributed by atoms with van der Waals surface area (Å²) in [5.41, 5.74) is 3.49. The summed E-state index contributed by atoms with van der Waals surface area (Å²) in [6.45, 7) is 6.24. The van der Waals surface area contributed by atoms with Gasteiger partial charge in [-0.2, -0.15) is 0 Å². The summed E-state index contributed by atoms with van der Waals surface area (Å²) >= 11 is 0. The number of fused-ring (bicyclic) bond motifs is 1. The van der Waals surface area contributed by atoms with Gasteiger partial charge in [-0.3, -0.25) is 9.69 Å². The highest BCUT2D eigenvalue weighted by Crippen LogP contribution is 2.28. The van der Waals surface area contributed by atoms with E-state index >= 15 is 0 Å². The summed E-state index contributed by atoms with van der Waals surface area (Å²) in [5, 5.41) is 7.77.